The fourth-order valence-electron chi connectivity index (χ4n) is 3.19. The molecule has 0 spiro atoms. The second kappa shape index (κ2) is 9.44. The topological polar surface area (TPSA) is 70.0 Å². The lowest BCUT2D eigenvalue weighted by Crippen LogP contribution is -2.05. The molecule has 0 amide bonds. The lowest BCUT2D eigenvalue weighted by molar-refractivity contribution is -0.137. The Hall–Kier alpha value is -3.43. The van der Waals surface area contributed by atoms with Crippen LogP contribution >= 0.6 is 23.2 Å². The first-order valence-corrected chi connectivity index (χ1v) is 10.3. The van der Waals surface area contributed by atoms with Crippen molar-refractivity contribution in [2.45, 2.75) is 6.18 Å². The van der Waals surface area contributed by atoms with Gasteiger partial charge in [0.05, 0.1) is 24.8 Å². The van der Waals surface area contributed by atoms with Crippen molar-refractivity contribution < 1.29 is 22.6 Å². The summed E-state index contributed by atoms with van der Waals surface area (Å²) >= 11 is 12.4. The molecule has 4 rings (SSSR count). The fraction of sp³-hybridized carbons (Fsp3) is 0.130. The number of aromatic nitrogens is 4. The van der Waals surface area contributed by atoms with Crippen LogP contribution in [0.4, 0.5) is 13.2 Å². The first-order valence-electron chi connectivity index (χ1n) is 9.59. The highest BCUT2D eigenvalue weighted by Gasteiger charge is 2.31. The van der Waals surface area contributed by atoms with Gasteiger partial charge >= 0.3 is 18.2 Å². The molecule has 0 atom stereocenters. The first kappa shape index (κ1) is 23.7. The molecule has 4 aromatic rings. The Bertz CT molecular complexity index is 1370. The number of halogens is 5. The zero-order chi connectivity index (χ0) is 24.5. The van der Waals surface area contributed by atoms with E-state index in [0.717, 1.165) is 12.1 Å². The van der Waals surface area contributed by atoms with Crippen molar-refractivity contribution in [3.05, 3.63) is 70.5 Å². The molecule has 2 aromatic heterocycles. The highest BCUT2D eigenvalue weighted by molar-refractivity contribution is 6.36. The van der Waals surface area contributed by atoms with E-state index in [9.17, 15) is 13.2 Å². The molecule has 0 bridgehead atoms. The Labute approximate surface area is 202 Å². The van der Waals surface area contributed by atoms with Gasteiger partial charge in [-0.05, 0) is 29.8 Å². The molecule has 0 aliphatic carbocycles. The van der Waals surface area contributed by atoms with Crippen molar-refractivity contribution in [1.29, 1.82) is 0 Å². The molecule has 0 aliphatic rings. The number of rotatable bonds is 5. The SMILES string of the molecule is COc1n[c]c(-c2ccc(Cl)cc2Cl)c(-c2nc(OC)ncc2-c2cccc(C(F)(F)F)c2)n1. The van der Waals surface area contributed by atoms with Crippen molar-refractivity contribution >= 4 is 23.2 Å². The third-order valence-corrected chi connectivity index (χ3v) is 5.31. The fourth-order valence-corrected chi connectivity index (χ4v) is 3.70. The Morgan fingerprint density at radius 2 is 1.62 bits per heavy atom. The molecule has 0 saturated carbocycles. The number of nitrogens with zero attached hydrogens (tertiary/aromatic N) is 4. The van der Waals surface area contributed by atoms with Crippen LogP contribution in [0.1, 0.15) is 5.56 Å². The van der Waals surface area contributed by atoms with Crippen molar-refractivity contribution in [3.8, 4) is 45.7 Å². The van der Waals surface area contributed by atoms with Crippen LogP contribution in [0.5, 0.6) is 12.0 Å². The smallest absolute Gasteiger partial charge is 0.416 e. The summed E-state index contributed by atoms with van der Waals surface area (Å²) < 4.78 is 50.4. The largest absolute Gasteiger partial charge is 0.467 e. The molecule has 2 heterocycles. The number of ether oxygens (including phenoxy) is 2. The molecule has 0 aliphatic heterocycles. The van der Waals surface area contributed by atoms with Crippen LogP contribution in [-0.2, 0) is 6.18 Å². The maximum atomic E-state index is 13.4. The van der Waals surface area contributed by atoms with Crippen molar-refractivity contribution in [2.24, 2.45) is 0 Å². The van der Waals surface area contributed by atoms with Crippen LogP contribution in [0, 0.1) is 6.20 Å². The second-order valence-corrected chi connectivity index (χ2v) is 7.71. The number of methoxy groups -OCH3 is 2. The van der Waals surface area contributed by atoms with E-state index in [0.29, 0.717) is 21.2 Å². The van der Waals surface area contributed by atoms with E-state index < -0.39 is 11.7 Å². The molecule has 2 aromatic carbocycles. The van der Waals surface area contributed by atoms with E-state index in [1.54, 1.807) is 12.1 Å². The summed E-state index contributed by atoms with van der Waals surface area (Å²) in [5.74, 6) is 0. The second-order valence-electron chi connectivity index (χ2n) is 6.87. The number of hydrogen-bond donors (Lipinski definition) is 0. The van der Waals surface area contributed by atoms with Gasteiger partial charge in [-0.25, -0.2) is 4.98 Å². The monoisotopic (exact) mass is 505 g/mol. The first-order chi connectivity index (χ1) is 16.2. The van der Waals surface area contributed by atoms with Gasteiger partial charge in [0.1, 0.15) is 17.6 Å². The van der Waals surface area contributed by atoms with Gasteiger partial charge in [0.15, 0.2) is 0 Å². The molecule has 1 radical (unpaired) electrons. The molecular formula is C23H14Cl2F3N4O2. The van der Waals surface area contributed by atoms with Crippen LogP contribution in [-0.4, -0.2) is 34.2 Å². The summed E-state index contributed by atoms with van der Waals surface area (Å²) in [6, 6.07) is 9.57. The molecule has 34 heavy (non-hydrogen) atoms. The summed E-state index contributed by atoms with van der Waals surface area (Å²) in [4.78, 5) is 16.9. The molecular weight excluding hydrogens is 492 g/mol. The lowest BCUT2D eigenvalue weighted by atomic mass is 9.97. The molecule has 0 saturated heterocycles. The Morgan fingerprint density at radius 1 is 0.882 bits per heavy atom. The van der Waals surface area contributed by atoms with E-state index >= 15 is 0 Å². The molecule has 11 heteroatoms. The summed E-state index contributed by atoms with van der Waals surface area (Å²) in [5, 5.41) is 0.707. The van der Waals surface area contributed by atoms with Crippen LogP contribution in [0.25, 0.3) is 33.6 Å². The van der Waals surface area contributed by atoms with Gasteiger partial charge in [-0.3, -0.25) is 0 Å². The van der Waals surface area contributed by atoms with Crippen LogP contribution < -0.4 is 9.47 Å². The van der Waals surface area contributed by atoms with E-state index in [4.69, 9.17) is 32.7 Å². The van der Waals surface area contributed by atoms with Crippen LogP contribution in [0.2, 0.25) is 10.0 Å². The van der Waals surface area contributed by atoms with Gasteiger partial charge in [-0.1, -0.05) is 41.4 Å². The Balaban J connectivity index is 2.01. The predicted molar refractivity (Wildman–Crippen MR) is 121 cm³/mol. The minimum absolute atomic E-state index is 0.0172. The quantitative estimate of drug-likeness (QED) is 0.312. The highest BCUT2D eigenvalue weighted by atomic mass is 35.5. The number of alkyl halides is 3. The van der Waals surface area contributed by atoms with Crippen LogP contribution in [0.3, 0.4) is 0 Å². The standard InChI is InChI=1S/C23H14Cl2F3N4O2/c1-33-21-29-10-16(12-4-3-5-13(8-12)23(26,27)28)19(31-21)20-17(11-30-22(32-20)34-2)15-7-6-14(24)9-18(15)25/h3-10H,1-2H3. The van der Waals surface area contributed by atoms with E-state index in [1.165, 1.54) is 38.6 Å². The third kappa shape index (κ3) is 4.76. The van der Waals surface area contributed by atoms with Crippen molar-refractivity contribution in [2.75, 3.05) is 14.2 Å². The highest BCUT2D eigenvalue weighted by Crippen LogP contribution is 2.40. The average molecular weight is 506 g/mol. The average Bonchev–Trinajstić information content (AvgIpc) is 2.83. The normalized spacial score (nSPS) is 11.4. The molecule has 0 fully saturated rings. The van der Waals surface area contributed by atoms with E-state index in [2.05, 4.69) is 26.1 Å². The molecule has 173 valence electrons. The predicted octanol–water partition coefficient (Wildman–Crippen LogP) is 6.41. The number of hydrogen-bond acceptors (Lipinski definition) is 6. The summed E-state index contributed by atoms with van der Waals surface area (Å²) in [7, 11) is 2.74. The molecule has 0 N–H and O–H groups in total. The maximum absolute atomic E-state index is 13.4. The summed E-state index contributed by atoms with van der Waals surface area (Å²) in [6.07, 6.45) is -0.334. The zero-order valence-electron chi connectivity index (χ0n) is 17.6. The maximum Gasteiger partial charge on any atom is 0.416 e. The summed E-state index contributed by atoms with van der Waals surface area (Å²) in [5.41, 5.74) is 0.853. The van der Waals surface area contributed by atoms with E-state index in [1.807, 2.05) is 0 Å². The third-order valence-electron chi connectivity index (χ3n) is 4.77. The van der Waals surface area contributed by atoms with E-state index in [-0.39, 0.29) is 34.5 Å². The van der Waals surface area contributed by atoms with Gasteiger partial charge in [0.2, 0.25) is 0 Å². The Kier molecular flexibility index (Phi) is 6.58. The van der Waals surface area contributed by atoms with Crippen LogP contribution in [0.15, 0.2) is 48.7 Å². The molecule has 6 nitrogen and oxygen atoms in total. The zero-order valence-corrected chi connectivity index (χ0v) is 19.1. The minimum Gasteiger partial charge on any atom is -0.467 e. The van der Waals surface area contributed by atoms with Crippen molar-refractivity contribution in [1.82, 2.24) is 19.9 Å². The van der Waals surface area contributed by atoms with Crippen molar-refractivity contribution in [3.63, 3.8) is 0 Å². The Morgan fingerprint density at radius 3 is 2.29 bits per heavy atom. The number of benzene rings is 2. The molecule has 0 unspecified atom stereocenters. The van der Waals surface area contributed by atoms with Gasteiger partial charge < -0.3 is 9.47 Å². The minimum atomic E-state index is -4.53. The van der Waals surface area contributed by atoms with Gasteiger partial charge in [0, 0.05) is 27.9 Å². The van der Waals surface area contributed by atoms with Gasteiger partial charge in [0.25, 0.3) is 0 Å². The lowest BCUT2D eigenvalue weighted by Gasteiger charge is -2.15. The summed E-state index contributed by atoms with van der Waals surface area (Å²) in [6.45, 7) is 0. The van der Waals surface area contributed by atoms with Gasteiger partial charge in [-0.2, -0.15) is 28.1 Å². The van der Waals surface area contributed by atoms with Gasteiger partial charge in [-0.15, -0.1) is 0 Å².